The number of cyclic esters (lactones) is 1. The number of alkyl carbamates (subject to hydrolysis) is 1. The van der Waals surface area contributed by atoms with Crippen LogP contribution in [0.2, 0.25) is 0 Å². The second-order valence-electron chi connectivity index (χ2n) is 6.24. The Kier molecular flexibility index (Phi) is 8.02. The molecule has 0 aliphatic carbocycles. The Morgan fingerprint density at radius 2 is 1.60 bits per heavy atom. The third-order valence-corrected chi connectivity index (χ3v) is 4.09. The van der Waals surface area contributed by atoms with Gasteiger partial charge < -0.3 is 9.47 Å². The van der Waals surface area contributed by atoms with Gasteiger partial charge in [0.2, 0.25) is 0 Å². The topological polar surface area (TPSA) is 64.6 Å². The lowest BCUT2D eigenvalue weighted by molar-refractivity contribution is -0.116. The summed E-state index contributed by atoms with van der Waals surface area (Å²) in [5, 5.41) is 2.06. The fourth-order valence-electron chi connectivity index (χ4n) is 2.66. The van der Waals surface area contributed by atoms with Gasteiger partial charge in [0.25, 0.3) is 5.91 Å². The minimum absolute atomic E-state index is 0.0117. The van der Waals surface area contributed by atoms with Crippen molar-refractivity contribution in [2.75, 3.05) is 6.61 Å². The molecule has 1 aliphatic heterocycles. The maximum absolute atomic E-state index is 11.4. The van der Waals surface area contributed by atoms with Crippen LogP contribution in [0.3, 0.4) is 0 Å². The Balaban J connectivity index is 1.63. The molecule has 1 aromatic carbocycles. The number of nitrogens with one attached hydrogen (secondary N) is 1. The summed E-state index contributed by atoms with van der Waals surface area (Å²) in [5.41, 5.74) is 0.777. The van der Waals surface area contributed by atoms with Crippen molar-refractivity contribution in [3.05, 3.63) is 35.6 Å². The molecule has 25 heavy (non-hydrogen) atoms. The minimum Gasteiger partial charge on any atom is -0.494 e. The zero-order valence-electron chi connectivity index (χ0n) is 14.9. The SMILES string of the molecule is CCCCCCCCCCOc1ccc(/C=C2/OC(=O)NC2=O)cc1. The quantitative estimate of drug-likeness (QED) is 0.461. The van der Waals surface area contributed by atoms with Crippen molar-refractivity contribution < 1.29 is 19.1 Å². The number of benzene rings is 1. The molecule has 2 rings (SSSR count). The molecule has 1 N–H and O–H groups in total. The van der Waals surface area contributed by atoms with Gasteiger partial charge in [-0.15, -0.1) is 0 Å². The Morgan fingerprint density at radius 3 is 2.20 bits per heavy atom. The van der Waals surface area contributed by atoms with Crippen molar-refractivity contribution in [2.45, 2.75) is 58.3 Å². The Hall–Kier alpha value is -2.30. The summed E-state index contributed by atoms with van der Waals surface area (Å²) in [4.78, 5) is 22.4. The first-order valence-corrected chi connectivity index (χ1v) is 9.17. The van der Waals surface area contributed by atoms with E-state index in [4.69, 9.17) is 9.47 Å². The summed E-state index contributed by atoms with van der Waals surface area (Å²) in [6, 6.07) is 7.36. The van der Waals surface area contributed by atoms with E-state index in [2.05, 4.69) is 12.2 Å². The predicted molar refractivity (Wildman–Crippen MR) is 97.1 cm³/mol. The number of carbonyl (C=O) groups excluding carboxylic acids is 2. The molecule has 1 aromatic rings. The maximum atomic E-state index is 11.4. The fourth-order valence-corrected chi connectivity index (χ4v) is 2.66. The summed E-state index contributed by atoms with van der Waals surface area (Å²) < 4.78 is 10.5. The van der Waals surface area contributed by atoms with Gasteiger partial charge >= 0.3 is 6.09 Å². The van der Waals surface area contributed by atoms with Gasteiger partial charge in [0, 0.05) is 0 Å². The number of amides is 2. The maximum Gasteiger partial charge on any atom is 0.419 e. The summed E-state index contributed by atoms with van der Waals surface area (Å²) in [7, 11) is 0. The first-order valence-electron chi connectivity index (χ1n) is 9.17. The molecule has 5 heteroatoms. The molecule has 0 bridgehead atoms. The standard InChI is InChI=1S/C20H27NO4/c1-2-3-4-5-6-7-8-9-14-24-17-12-10-16(11-13-17)15-18-19(22)21-20(23)25-18/h10-13,15H,2-9,14H2,1H3,(H,21,22,23)/b18-15+. The van der Waals surface area contributed by atoms with Crippen LogP contribution in [0, 0.1) is 0 Å². The van der Waals surface area contributed by atoms with Crippen molar-refractivity contribution in [3.63, 3.8) is 0 Å². The lowest BCUT2D eigenvalue weighted by atomic mass is 10.1. The van der Waals surface area contributed by atoms with Crippen LogP contribution >= 0.6 is 0 Å². The smallest absolute Gasteiger partial charge is 0.419 e. The highest BCUT2D eigenvalue weighted by Crippen LogP contribution is 2.17. The molecule has 0 unspecified atom stereocenters. The Labute approximate surface area is 149 Å². The van der Waals surface area contributed by atoms with E-state index < -0.39 is 12.0 Å². The molecule has 0 spiro atoms. The van der Waals surface area contributed by atoms with E-state index >= 15 is 0 Å². The van der Waals surface area contributed by atoms with Crippen LogP contribution in [0.15, 0.2) is 30.0 Å². The summed E-state index contributed by atoms with van der Waals surface area (Å²) >= 11 is 0. The van der Waals surface area contributed by atoms with Crippen LogP contribution in [-0.4, -0.2) is 18.6 Å². The second kappa shape index (κ2) is 10.5. The molecule has 1 fully saturated rings. The molecule has 1 heterocycles. The van der Waals surface area contributed by atoms with E-state index in [1.165, 1.54) is 51.0 Å². The third-order valence-electron chi connectivity index (χ3n) is 4.09. The van der Waals surface area contributed by atoms with Crippen LogP contribution in [0.1, 0.15) is 63.9 Å². The van der Waals surface area contributed by atoms with Gasteiger partial charge in [-0.3, -0.25) is 10.1 Å². The highest BCUT2D eigenvalue weighted by atomic mass is 16.6. The van der Waals surface area contributed by atoms with Crippen LogP contribution in [0.25, 0.3) is 6.08 Å². The lowest BCUT2D eigenvalue weighted by Crippen LogP contribution is -2.18. The molecule has 136 valence electrons. The monoisotopic (exact) mass is 345 g/mol. The summed E-state index contributed by atoms with van der Waals surface area (Å²) in [5.74, 6) is 0.301. The van der Waals surface area contributed by atoms with E-state index in [1.54, 1.807) is 0 Å². The molecular weight excluding hydrogens is 318 g/mol. The molecule has 0 aromatic heterocycles. The molecule has 0 radical (unpaired) electrons. The highest BCUT2D eigenvalue weighted by Gasteiger charge is 2.25. The third kappa shape index (κ3) is 6.99. The normalized spacial score (nSPS) is 15.3. The van der Waals surface area contributed by atoms with Crippen molar-refractivity contribution in [1.82, 2.24) is 5.32 Å². The molecule has 2 amide bonds. The Morgan fingerprint density at radius 1 is 0.960 bits per heavy atom. The number of hydrogen-bond donors (Lipinski definition) is 1. The van der Waals surface area contributed by atoms with Gasteiger partial charge in [-0.25, -0.2) is 4.79 Å². The van der Waals surface area contributed by atoms with Gasteiger partial charge in [-0.05, 0) is 30.2 Å². The zero-order chi connectivity index (χ0) is 17.9. The van der Waals surface area contributed by atoms with Crippen LogP contribution < -0.4 is 10.1 Å². The number of hydrogen-bond acceptors (Lipinski definition) is 4. The van der Waals surface area contributed by atoms with Crippen LogP contribution in [-0.2, 0) is 9.53 Å². The largest absolute Gasteiger partial charge is 0.494 e. The van der Waals surface area contributed by atoms with Crippen molar-refractivity contribution in [1.29, 1.82) is 0 Å². The van der Waals surface area contributed by atoms with Gasteiger partial charge in [0.15, 0.2) is 5.76 Å². The summed E-state index contributed by atoms with van der Waals surface area (Å²) in [6.07, 6.45) is 11.0. The Bertz CT molecular complexity index is 592. The van der Waals surface area contributed by atoms with Gasteiger partial charge in [-0.1, -0.05) is 64.0 Å². The van der Waals surface area contributed by atoms with E-state index in [1.807, 2.05) is 24.3 Å². The van der Waals surface area contributed by atoms with E-state index in [0.717, 1.165) is 24.3 Å². The van der Waals surface area contributed by atoms with E-state index in [-0.39, 0.29) is 5.76 Å². The molecule has 1 saturated heterocycles. The van der Waals surface area contributed by atoms with Crippen molar-refractivity contribution in [3.8, 4) is 5.75 Å². The van der Waals surface area contributed by atoms with E-state index in [9.17, 15) is 9.59 Å². The average molecular weight is 345 g/mol. The second-order valence-corrected chi connectivity index (χ2v) is 6.24. The molecular formula is C20H27NO4. The zero-order valence-corrected chi connectivity index (χ0v) is 14.9. The van der Waals surface area contributed by atoms with Gasteiger partial charge in [0.05, 0.1) is 6.61 Å². The molecule has 0 atom stereocenters. The highest BCUT2D eigenvalue weighted by molar-refractivity contribution is 6.09. The minimum atomic E-state index is -0.735. The first kappa shape index (κ1) is 19.0. The van der Waals surface area contributed by atoms with Gasteiger partial charge in [0.1, 0.15) is 5.75 Å². The summed E-state index contributed by atoms with van der Waals surface area (Å²) in [6.45, 7) is 2.95. The van der Waals surface area contributed by atoms with Crippen molar-refractivity contribution >= 4 is 18.1 Å². The predicted octanol–water partition coefficient (Wildman–Crippen LogP) is 4.81. The molecule has 1 aliphatic rings. The molecule has 5 nitrogen and oxygen atoms in total. The van der Waals surface area contributed by atoms with Gasteiger partial charge in [-0.2, -0.15) is 0 Å². The number of rotatable bonds is 11. The first-order chi connectivity index (χ1) is 12.2. The van der Waals surface area contributed by atoms with Crippen molar-refractivity contribution in [2.24, 2.45) is 0 Å². The number of carbonyl (C=O) groups is 2. The van der Waals surface area contributed by atoms with Crippen LogP contribution in [0.5, 0.6) is 5.75 Å². The van der Waals surface area contributed by atoms with E-state index in [0.29, 0.717) is 0 Å². The van der Waals surface area contributed by atoms with Crippen LogP contribution in [0.4, 0.5) is 4.79 Å². The molecule has 0 saturated carbocycles. The average Bonchev–Trinajstić information content (AvgIpc) is 2.92. The number of ether oxygens (including phenoxy) is 2. The number of unbranched alkanes of at least 4 members (excludes halogenated alkanes) is 7. The number of imide groups is 1. The lowest BCUT2D eigenvalue weighted by Gasteiger charge is -2.06. The fraction of sp³-hybridized carbons (Fsp3) is 0.500.